The molecule has 1 amide bonds. The minimum Gasteiger partial charge on any atom is -0.480 e. The highest BCUT2D eigenvalue weighted by atomic mass is 16.6. The Morgan fingerprint density at radius 3 is 2.25 bits per heavy atom. The number of amides is 1. The van der Waals surface area contributed by atoms with Crippen LogP contribution in [0.4, 0.5) is 4.79 Å². The molecule has 0 bridgehead atoms. The molecule has 168 valence electrons. The van der Waals surface area contributed by atoms with Crippen LogP contribution in [0.3, 0.4) is 0 Å². The number of aliphatic carboxylic acids is 1. The first-order valence-corrected chi connectivity index (χ1v) is 9.63. The van der Waals surface area contributed by atoms with Crippen molar-refractivity contribution in [3.05, 3.63) is 78.4 Å². The number of nitrogens with one attached hydrogen (secondary N) is 1. The molecule has 0 aliphatic carbocycles. The average Bonchev–Trinajstić information content (AvgIpc) is 2.77. The minimum atomic E-state index is -1.49. The Balaban J connectivity index is 1.79. The fourth-order valence-electron chi connectivity index (χ4n) is 2.49. The summed E-state index contributed by atoms with van der Waals surface area (Å²) in [4.78, 5) is 46.6. The molecule has 2 aromatic rings. The van der Waals surface area contributed by atoms with Gasteiger partial charge in [0.2, 0.25) is 0 Å². The van der Waals surface area contributed by atoms with Crippen molar-refractivity contribution in [3.8, 4) is 5.75 Å². The lowest BCUT2D eigenvalue weighted by molar-refractivity contribution is -0.148. The Labute approximate surface area is 184 Å². The van der Waals surface area contributed by atoms with Crippen molar-refractivity contribution in [2.45, 2.75) is 25.5 Å². The molecule has 0 aliphatic heterocycles. The van der Waals surface area contributed by atoms with Gasteiger partial charge in [0.1, 0.15) is 25.0 Å². The van der Waals surface area contributed by atoms with Crippen LogP contribution < -0.4 is 10.1 Å². The van der Waals surface area contributed by atoms with Gasteiger partial charge in [-0.25, -0.2) is 9.59 Å². The summed E-state index contributed by atoms with van der Waals surface area (Å²) in [6.45, 7) is 3.16. The number of carboxylic acids is 1. The SMILES string of the molecule is C=CCOC(=O)C[C@H](NC(=O)OCc1ccc(OC(=O)Cc2ccccc2)cc1)C(=O)O. The summed E-state index contributed by atoms with van der Waals surface area (Å²) in [6, 6.07) is 14.0. The summed E-state index contributed by atoms with van der Waals surface area (Å²) in [5, 5.41) is 11.2. The Bertz CT molecular complexity index is 940. The Hall–Kier alpha value is -4.14. The van der Waals surface area contributed by atoms with Crippen LogP contribution in [-0.4, -0.2) is 41.8 Å². The zero-order chi connectivity index (χ0) is 23.3. The molecular formula is C23H23NO8. The molecule has 9 nitrogen and oxygen atoms in total. The van der Waals surface area contributed by atoms with Crippen LogP contribution in [0.15, 0.2) is 67.3 Å². The zero-order valence-corrected chi connectivity index (χ0v) is 17.2. The molecule has 32 heavy (non-hydrogen) atoms. The number of carbonyl (C=O) groups is 4. The molecule has 0 saturated carbocycles. The van der Waals surface area contributed by atoms with Gasteiger partial charge in [-0.05, 0) is 23.3 Å². The molecule has 2 N–H and O–H groups in total. The van der Waals surface area contributed by atoms with E-state index in [1.807, 2.05) is 30.3 Å². The van der Waals surface area contributed by atoms with E-state index >= 15 is 0 Å². The minimum absolute atomic E-state index is 0.0623. The van der Waals surface area contributed by atoms with Crippen molar-refractivity contribution < 1.29 is 38.5 Å². The van der Waals surface area contributed by atoms with Crippen LogP contribution in [0.1, 0.15) is 17.5 Å². The van der Waals surface area contributed by atoms with E-state index < -0.39 is 36.5 Å². The molecule has 0 radical (unpaired) electrons. The molecule has 0 fully saturated rings. The van der Waals surface area contributed by atoms with Crippen molar-refractivity contribution >= 4 is 24.0 Å². The molecule has 0 aliphatic rings. The van der Waals surface area contributed by atoms with Crippen LogP contribution in [0.5, 0.6) is 5.75 Å². The van der Waals surface area contributed by atoms with Crippen LogP contribution in [0, 0.1) is 0 Å². The quantitative estimate of drug-likeness (QED) is 0.309. The highest BCUT2D eigenvalue weighted by molar-refractivity contribution is 5.85. The van der Waals surface area contributed by atoms with E-state index in [1.165, 1.54) is 6.08 Å². The third-order valence-electron chi connectivity index (χ3n) is 4.04. The fraction of sp³-hybridized carbons (Fsp3) is 0.217. The summed E-state index contributed by atoms with van der Waals surface area (Å²) < 4.78 is 15.0. The highest BCUT2D eigenvalue weighted by Crippen LogP contribution is 2.14. The maximum absolute atomic E-state index is 12.0. The largest absolute Gasteiger partial charge is 0.480 e. The smallest absolute Gasteiger partial charge is 0.408 e. The summed E-state index contributed by atoms with van der Waals surface area (Å²) in [6.07, 6.45) is -0.0866. The second-order valence-electron chi connectivity index (χ2n) is 6.57. The van der Waals surface area contributed by atoms with Crippen molar-refractivity contribution in [2.75, 3.05) is 6.61 Å². The maximum Gasteiger partial charge on any atom is 0.408 e. The maximum atomic E-state index is 12.0. The van der Waals surface area contributed by atoms with Crippen molar-refractivity contribution in [3.63, 3.8) is 0 Å². The third-order valence-corrected chi connectivity index (χ3v) is 4.04. The lowest BCUT2D eigenvalue weighted by atomic mass is 10.1. The van der Waals surface area contributed by atoms with Gasteiger partial charge in [0.15, 0.2) is 0 Å². The van der Waals surface area contributed by atoms with Gasteiger partial charge in [-0.1, -0.05) is 55.1 Å². The number of esters is 2. The van der Waals surface area contributed by atoms with Gasteiger partial charge >= 0.3 is 24.0 Å². The van der Waals surface area contributed by atoms with Gasteiger partial charge in [-0.15, -0.1) is 0 Å². The zero-order valence-electron chi connectivity index (χ0n) is 17.2. The summed E-state index contributed by atoms with van der Waals surface area (Å²) in [7, 11) is 0. The number of carboxylic acid groups (broad SMARTS) is 1. The van der Waals surface area contributed by atoms with E-state index in [9.17, 15) is 19.2 Å². The Kier molecular flexibility index (Phi) is 9.45. The number of rotatable bonds is 11. The molecular weight excluding hydrogens is 418 g/mol. The molecule has 0 spiro atoms. The number of alkyl carbamates (subject to hydrolysis) is 1. The van der Waals surface area contributed by atoms with Crippen LogP contribution in [-0.2, 0) is 36.9 Å². The van der Waals surface area contributed by atoms with Crippen molar-refractivity contribution in [1.82, 2.24) is 5.32 Å². The topological polar surface area (TPSA) is 128 Å². The highest BCUT2D eigenvalue weighted by Gasteiger charge is 2.24. The van der Waals surface area contributed by atoms with E-state index in [0.29, 0.717) is 11.3 Å². The molecule has 2 rings (SSSR count). The fourth-order valence-corrected chi connectivity index (χ4v) is 2.49. The number of hydrogen-bond donors (Lipinski definition) is 2. The molecule has 2 aromatic carbocycles. The van der Waals surface area contributed by atoms with Crippen LogP contribution in [0.25, 0.3) is 0 Å². The summed E-state index contributed by atoms with van der Waals surface area (Å²) >= 11 is 0. The van der Waals surface area contributed by atoms with E-state index in [0.717, 1.165) is 5.56 Å². The van der Waals surface area contributed by atoms with E-state index in [-0.39, 0.29) is 19.6 Å². The lowest BCUT2D eigenvalue weighted by Crippen LogP contribution is -2.42. The first kappa shape index (κ1) is 24.1. The first-order chi connectivity index (χ1) is 15.4. The number of ether oxygens (including phenoxy) is 3. The summed E-state index contributed by atoms with van der Waals surface area (Å²) in [5.41, 5.74) is 1.42. The van der Waals surface area contributed by atoms with Crippen molar-refractivity contribution in [2.24, 2.45) is 0 Å². The average molecular weight is 441 g/mol. The molecule has 0 saturated heterocycles. The number of carbonyl (C=O) groups excluding carboxylic acids is 3. The predicted octanol–water partition coefficient (Wildman–Crippen LogP) is 2.63. The molecule has 0 heterocycles. The van der Waals surface area contributed by atoms with Gasteiger partial charge in [0.05, 0.1) is 12.8 Å². The molecule has 0 unspecified atom stereocenters. The first-order valence-electron chi connectivity index (χ1n) is 9.63. The summed E-state index contributed by atoms with van der Waals surface area (Å²) in [5.74, 6) is -2.27. The number of benzene rings is 2. The Morgan fingerprint density at radius 2 is 1.62 bits per heavy atom. The second kappa shape index (κ2) is 12.5. The molecule has 9 heteroatoms. The van der Waals surface area contributed by atoms with E-state index in [1.54, 1.807) is 24.3 Å². The van der Waals surface area contributed by atoms with Gasteiger partial charge in [-0.3, -0.25) is 9.59 Å². The Morgan fingerprint density at radius 1 is 0.938 bits per heavy atom. The van der Waals surface area contributed by atoms with Gasteiger partial charge in [-0.2, -0.15) is 0 Å². The van der Waals surface area contributed by atoms with Crippen LogP contribution in [0.2, 0.25) is 0 Å². The normalized spacial score (nSPS) is 11.0. The van der Waals surface area contributed by atoms with E-state index in [2.05, 4.69) is 11.9 Å². The number of hydrogen-bond acceptors (Lipinski definition) is 7. The van der Waals surface area contributed by atoms with Gasteiger partial charge in [0, 0.05) is 0 Å². The lowest BCUT2D eigenvalue weighted by Gasteiger charge is -2.14. The molecule has 1 atom stereocenters. The monoisotopic (exact) mass is 441 g/mol. The van der Waals surface area contributed by atoms with Crippen LogP contribution >= 0.6 is 0 Å². The molecule has 0 aromatic heterocycles. The van der Waals surface area contributed by atoms with Gasteiger partial charge in [0.25, 0.3) is 0 Å². The van der Waals surface area contributed by atoms with Gasteiger partial charge < -0.3 is 24.6 Å². The predicted molar refractivity (Wildman–Crippen MR) is 113 cm³/mol. The van der Waals surface area contributed by atoms with E-state index in [4.69, 9.17) is 19.3 Å². The standard InChI is InChI=1S/C23H23NO8/c1-2-12-30-20(25)14-19(22(27)28)24-23(29)31-15-17-8-10-18(11-9-17)32-21(26)13-16-6-4-3-5-7-16/h2-11,19H,1,12-15H2,(H,24,29)(H,27,28)/t19-/m0/s1. The second-order valence-corrected chi connectivity index (χ2v) is 6.57. The third kappa shape index (κ3) is 8.70. The van der Waals surface area contributed by atoms with Crippen molar-refractivity contribution in [1.29, 1.82) is 0 Å².